The molecule has 0 bridgehead atoms. The molecule has 0 aromatic heterocycles. The first kappa shape index (κ1) is 20.6. The van der Waals surface area contributed by atoms with E-state index in [0.717, 1.165) is 35.6 Å². The van der Waals surface area contributed by atoms with Gasteiger partial charge >= 0.3 is 11.9 Å². The number of esters is 2. The lowest BCUT2D eigenvalue weighted by molar-refractivity contribution is -0.149. The van der Waals surface area contributed by atoms with E-state index in [9.17, 15) is 14.4 Å². The summed E-state index contributed by atoms with van der Waals surface area (Å²) < 4.78 is 9.79. The monoisotopic (exact) mass is 346 g/mol. The molecule has 0 radical (unpaired) electrons. The first-order chi connectivity index (χ1) is 12.0. The molecule has 0 atom stereocenters. The van der Waals surface area contributed by atoms with Crippen molar-refractivity contribution in [1.82, 2.24) is 0 Å². The molecule has 5 nitrogen and oxygen atoms in total. The molecule has 0 aliphatic carbocycles. The summed E-state index contributed by atoms with van der Waals surface area (Å²) in [6.45, 7) is 7.26. The number of ether oxygens (including phenoxy) is 2. The molecule has 136 valence electrons. The van der Waals surface area contributed by atoms with E-state index < -0.39 is 11.9 Å². The molecule has 0 amide bonds. The zero-order valence-corrected chi connectivity index (χ0v) is 15.0. The molecule has 0 N–H and O–H groups in total. The summed E-state index contributed by atoms with van der Waals surface area (Å²) in [6, 6.07) is 5.63. The van der Waals surface area contributed by atoms with E-state index in [1.165, 1.54) is 0 Å². The van der Waals surface area contributed by atoms with Crippen LogP contribution in [0.2, 0.25) is 0 Å². The Hall–Kier alpha value is -2.43. The van der Waals surface area contributed by atoms with Crippen molar-refractivity contribution >= 4 is 17.7 Å². The SMILES string of the molecule is C=CC(=O)OCCOC(=O)Cc1cccc(CC(=O)CCCC)c1C. The molecule has 0 fully saturated rings. The minimum atomic E-state index is -0.549. The van der Waals surface area contributed by atoms with E-state index in [1.807, 2.05) is 25.1 Å². The average molecular weight is 346 g/mol. The Labute approximate surface area is 149 Å². The summed E-state index contributed by atoms with van der Waals surface area (Å²) >= 11 is 0. The van der Waals surface area contributed by atoms with Gasteiger partial charge in [0.05, 0.1) is 6.42 Å². The van der Waals surface area contributed by atoms with Crippen molar-refractivity contribution in [3.63, 3.8) is 0 Å². The number of ketones is 1. The van der Waals surface area contributed by atoms with Gasteiger partial charge in [-0.15, -0.1) is 0 Å². The molecule has 0 saturated heterocycles. The maximum absolute atomic E-state index is 12.0. The largest absolute Gasteiger partial charge is 0.462 e. The highest BCUT2D eigenvalue weighted by Gasteiger charge is 2.12. The van der Waals surface area contributed by atoms with Gasteiger partial charge in [-0.25, -0.2) is 4.79 Å². The molecule has 0 spiro atoms. The van der Waals surface area contributed by atoms with E-state index in [1.54, 1.807) is 0 Å². The molecule has 1 aromatic rings. The first-order valence-electron chi connectivity index (χ1n) is 8.51. The molecule has 1 aromatic carbocycles. The lowest BCUT2D eigenvalue weighted by atomic mass is 9.95. The number of benzene rings is 1. The zero-order chi connectivity index (χ0) is 18.7. The van der Waals surface area contributed by atoms with Crippen molar-refractivity contribution < 1.29 is 23.9 Å². The van der Waals surface area contributed by atoms with Crippen LogP contribution in [0.1, 0.15) is 42.9 Å². The van der Waals surface area contributed by atoms with Gasteiger partial charge in [-0.1, -0.05) is 38.1 Å². The second kappa shape index (κ2) is 11.2. The number of Topliss-reactive ketones (excluding diaryl/α,β-unsaturated/α-hetero) is 1. The van der Waals surface area contributed by atoms with Crippen LogP contribution < -0.4 is 0 Å². The van der Waals surface area contributed by atoms with Crippen LogP contribution in [0.15, 0.2) is 30.9 Å². The summed E-state index contributed by atoms with van der Waals surface area (Å²) in [6.07, 6.45) is 4.06. The van der Waals surface area contributed by atoms with Gasteiger partial charge in [0.2, 0.25) is 0 Å². The van der Waals surface area contributed by atoms with E-state index in [0.29, 0.717) is 12.8 Å². The molecule has 1 rings (SSSR count). The van der Waals surface area contributed by atoms with Gasteiger partial charge in [0.1, 0.15) is 19.0 Å². The summed E-state index contributed by atoms with van der Waals surface area (Å²) in [5.74, 6) is -0.728. The molecule has 25 heavy (non-hydrogen) atoms. The van der Waals surface area contributed by atoms with E-state index in [-0.39, 0.29) is 25.4 Å². The Balaban J connectivity index is 2.54. The summed E-state index contributed by atoms with van der Waals surface area (Å²) in [5, 5.41) is 0. The molecular formula is C20H26O5. The van der Waals surface area contributed by atoms with Gasteiger partial charge < -0.3 is 9.47 Å². The van der Waals surface area contributed by atoms with Gasteiger partial charge in [0, 0.05) is 18.9 Å². The lowest BCUT2D eigenvalue weighted by Gasteiger charge is -2.11. The van der Waals surface area contributed by atoms with Crippen LogP contribution >= 0.6 is 0 Å². The number of rotatable bonds is 11. The lowest BCUT2D eigenvalue weighted by Crippen LogP contribution is -2.15. The first-order valence-corrected chi connectivity index (χ1v) is 8.51. The number of carbonyl (C=O) groups excluding carboxylic acids is 3. The van der Waals surface area contributed by atoms with Crippen LogP contribution in [0.4, 0.5) is 0 Å². The summed E-state index contributed by atoms with van der Waals surface area (Å²) in [4.78, 5) is 34.8. The minimum Gasteiger partial charge on any atom is -0.462 e. The topological polar surface area (TPSA) is 69.7 Å². The Morgan fingerprint density at radius 1 is 1.08 bits per heavy atom. The van der Waals surface area contributed by atoms with Crippen molar-refractivity contribution in [2.24, 2.45) is 0 Å². The van der Waals surface area contributed by atoms with Gasteiger partial charge in [-0.3, -0.25) is 9.59 Å². The maximum atomic E-state index is 12.0. The van der Waals surface area contributed by atoms with Crippen molar-refractivity contribution in [2.75, 3.05) is 13.2 Å². The van der Waals surface area contributed by atoms with Gasteiger partial charge in [0.25, 0.3) is 0 Å². The normalized spacial score (nSPS) is 10.2. The fourth-order valence-corrected chi connectivity index (χ4v) is 2.36. The highest BCUT2D eigenvalue weighted by Crippen LogP contribution is 2.17. The third kappa shape index (κ3) is 7.79. The molecular weight excluding hydrogens is 320 g/mol. The fourth-order valence-electron chi connectivity index (χ4n) is 2.36. The third-order valence-electron chi connectivity index (χ3n) is 3.85. The highest BCUT2D eigenvalue weighted by atomic mass is 16.6. The molecule has 0 saturated carbocycles. The fraction of sp³-hybridized carbons (Fsp3) is 0.450. The van der Waals surface area contributed by atoms with Crippen molar-refractivity contribution in [2.45, 2.75) is 46.0 Å². The molecule has 0 aliphatic rings. The number of hydrogen-bond acceptors (Lipinski definition) is 5. The van der Waals surface area contributed by atoms with Gasteiger partial charge in [0.15, 0.2) is 0 Å². The van der Waals surface area contributed by atoms with Crippen LogP contribution in [0.25, 0.3) is 0 Å². The minimum absolute atomic E-state index is 0.00153. The summed E-state index contributed by atoms with van der Waals surface area (Å²) in [7, 11) is 0. The van der Waals surface area contributed by atoms with E-state index in [4.69, 9.17) is 9.47 Å². The van der Waals surface area contributed by atoms with E-state index in [2.05, 4.69) is 13.5 Å². The molecule has 5 heteroatoms. The van der Waals surface area contributed by atoms with Crippen LogP contribution in [0.3, 0.4) is 0 Å². The number of hydrogen-bond donors (Lipinski definition) is 0. The molecule has 0 heterocycles. The summed E-state index contributed by atoms with van der Waals surface area (Å²) in [5.41, 5.74) is 2.74. The molecule has 0 unspecified atom stereocenters. The van der Waals surface area contributed by atoms with Crippen LogP contribution in [-0.4, -0.2) is 30.9 Å². The second-order valence-corrected chi connectivity index (χ2v) is 5.79. The van der Waals surface area contributed by atoms with Crippen LogP contribution in [0, 0.1) is 6.92 Å². The maximum Gasteiger partial charge on any atom is 0.330 e. The smallest absolute Gasteiger partial charge is 0.330 e. The van der Waals surface area contributed by atoms with Gasteiger partial charge in [-0.2, -0.15) is 0 Å². The highest BCUT2D eigenvalue weighted by molar-refractivity contribution is 5.82. The Morgan fingerprint density at radius 3 is 2.36 bits per heavy atom. The van der Waals surface area contributed by atoms with E-state index >= 15 is 0 Å². The zero-order valence-electron chi connectivity index (χ0n) is 15.0. The Kier molecular flexibility index (Phi) is 9.22. The van der Waals surface area contributed by atoms with Crippen molar-refractivity contribution in [3.8, 4) is 0 Å². The second-order valence-electron chi connectivity index (χ2n) is 5.79. The Bertz CT molecular complexity index is 619. The predicted molar refractivity (Wildman–Crippen MR) is 95.2 cm³/mol. The van der Waals surface area contributed by atoms with Crippen LogP contribution in [-0.2, 0) is 36.7 Å². The van der Waals surface area contributed by atoms with Crippen molar-refractivity contribution in [3.05, 3.63) is 47.5 Å². The standard InChI is InChI=1S/C20H26O5/c1-4-6-10-18(21)13-16-8-7-9-17(15(16)3)14-20(23)25-12-11-24-19(22)5-2/h5,7-9H,2,4,6,10-14H2,1,3H3. The van der Waals surface area contributed by atoms with Crippen LogP contribution in [0.5, 0.6) is 0 Å². The third-order valence-corrected chi connectivity index (χ3v) is 3.85. The quantitative estimate of drug-likeness (QED) is 0.350. The average Bonchev–Trinajstić information content (AvgIpc) is 2.60. The van der Waals surface area contributed by atoms with Crippen molar-refractivity contribution in [1.29, 1.82) is 0 Å². The predicted octanol–water partition coefficient (Wildman–Crippen LogP) is 3.11. The Morgan fingerprint density at radius 2 is 1.72 bits per heavy atom. The number of unbranched alkanes of at least 4 members (excludes halogenated alkanes) is 1. The van der Waals surface area contributed by atoms with Gasteiger partial charge in [-0.05, 0) is 30.0 Å². The number of carbonyl (C=O) groups is 3. The molecule has 0 aliphatic heterocycles.